The minimum Gasteiger partial charge on any atom is -0.294 e. The van der Waals surface area contributed by atoms with Crippen LogP contribution in [0.4, 0.5) is 0 Å². The van der Waals surface area contributed by atoms with Crippen molar-refractivity contribution in [2.24, 2.45) is 0 Å². The number of fused-ring (bicyclic) bond motifs is 8. The number of hydrogen-bond acceptors (Lipinski definition) is 2. The van der Waals surface area contributed by atoms with E-state index < -0.39 is 0 Å². The number of rotatable bonds is 3. The summed E-state index contributed by atoms with van der Waals surface area (Å²) in [4.78, 5) is 10.5. The van der Waals surface area contributed by atoms with Crippen LogP contribution < -0.4 is 0 Å². The molecule has 7 aromatic carbocycles. The van der Waals surface area contributed by atoms with Crippen LogP contribution in [-0.2, 0) is 5.41 Å². The van der Waals surface area contributed by atoms with E-state index in [-0.39, 0.29) is 5.41 Å². The van der Waals surface area contributed by atoms with E-state index in [2.05, 4.69) is 146 Å². The van der Waals surface area contributed by atoms with Gasteiger partial charge in [0.05, 0.1) is 16.7 Å². The molecule has 0 radical (unpaired) electrons. The lowest BCUT2D eigenvalue weighted by molar-refractivity contribution is 0.645. The minimum atomic E-state index is -0.126. The number of nitrogens with zero attached hydrogens (tertiary/aromatic N) is 3. The van der Waals surface area contributed by atoms with Gasteiger partial charge in [0.25, 0.3) is 0 Å². The third kappa shape index (κ3) is 3.76. The summed E-state index contributed by atoms with van der Waals surface area (Å²) in [7, 11) is 0. The molecule has 0 saturated heterocycles. The summed E-state index contributed by atoms with van der Waals surface area (Å²) < 4.78 is 2.38. The van der Waals surface area contributed by atoms with Crippen LogP contribution in [0.2, 0.25) is 0 Å². The van der Waals surface area contributed by atoms with Gasteiger partial charge >= 0.3 is 0 Å². The zero-order valence-corrected chi connectivity index (χ0v) is 26.8. The maximum Gasteiger partial charge on any atom is 0.162 e. The number of benzene rings is 7. The van der Waals surface area contributed by atoms with Gasteiger partial charge in [0.2, 0.25) is 0 Å². The smallest absolute Gasteiger partial charge is 0.162 e. The van der Waals surface area contributed by atoms with Crippen LogP contribution in [0.15, 0.2) is 152 Å². The molecule has 48 heavy (non-hydrogen) atoms. The van der Waals surface area contributed by atoms with E-state index in [9.17, 15) is 0 Å². The molecule has 0 spiro atoms. The van der Waals surface area contributed by atoms with E-state index in [4.69, 9.17) is 9.97 Å². The maximum atomic E-state index is 5.34. The van der Waals surface area contributed by atoms with Gasteiger partial charge in [-0.3, -0.25) is 4.57 Å². The first-order chi connectivity index (χ1) is 23.6. The molecule has 3 heteroatoms. The van der Waals surface area contributed by atoms with Gasteiger partial charge < -0.3 is 0 Å². The summed E-state index contributed by atoms with van der Waals surface area (Å²) in [6.07, 6.45) is 0. The second-order valence-electron chi connectivity index (χ2n) is 13.4. The molecule has 2 aromatic heterocycles. The van der Waals surface area contributed by atoms with Crippen LogP contribution in [0.3, 0.4) is 0 Å². The molecular formula is C45H31N3. The number of aromatic nitrogens is 3. The van der Waals surface area contributed by atoms with Gasteiger partial charge in [0.1, 0.15) is 5.82 Å². The first kappa shape index (κ1) is 27.1. The molecule has 0 aliphatic heterocycles. The van der Waals surface area contributed by atoms with Crippen LogP contribution in [0, 0.1) is 0 Å². The second-order valence-corrected chi connectivity index (χ2v) is 13.4. The van der Waals surface area contributed by atoms with Crippen molar-refractivity contribution in [3.05, 3.63) is 163 Å². The molecule has 2 heterocycles. The molecule has 226 valence electrons. The Morgan fingerprint density at radius 2 is 1.19 bits per heavy atom. The average Bonchev–Trinajstić information content (AvgIpc) is 3.48. The standard InChI is InChI=1S/C45H31N3/c1-45(2)34-22-12-11-21-33(34)42-40-31(19-13-23-35(40)45)26-38-43(42)41-32-20-10-9-14-28(32)24-25-37(41)48(38)39-27-36(29-15-5-3-6-16-29)46-44(47-39)30-17-7-4-8-18-30/h3-27H,1-2H3. The molecule has 3 nitrogen and oxygen atoms in total. The summed E-state index contributed by atoms with van der Waals surface area (Å²) >= 11 is 0. The van der Waals surface area contributed by atoms with Gasteiger partial charge in [-0.05, 0) is 50.4 Å². The Kier molecular flexibility index (Phi) is 5.63. The maximum absolute atomic E-state index is 5.34. The summed E-state index contributed by atoms with van der Waals surface area (Å²) in [5.74, 6) is 1.56. The van der Waals surface area contributed by atoms with E-state index in [1.807, 2.05) is 24.3 Å². The fourth-order valence-electron chi connectivity index (χ4n) is 8.16. The quantitative estimate of drug-likeness (QED) is 0.198. The molecule has 9 aromatic rings. The molecule has 0 atom stereocenters. The Morgan fingerprint density at radius 3 is 2.02 bits per heavy atom. The summed E-state index contributed by atoms with van der Waals surface area (Å²) in [6.45, 7) is 4.73. The van der Waals surface area contributed by atoms with Crippen molar-refractivity contribution in [2.45, 2.75) is 19.3 Å². The highest BCUT2D eigenvalue weighted by atomic mass is 15.1. The molecular weight excluding hydrogens is 583 g/mol. The highest BCUT2D eigenvalue weighted by Gasteiger charge is 2.35. The Hall–Kier alpha value is -6.06. The Labute approximate surface area is 278 Å². The van der Waals surface area contributed by atoms with Gasteiger partial charge in [0.15, 0.2) is 5.82 Å². The Morgan fingerprint density at radius 1 is 0.500 bits per heavy atom. The fraction of sp³-hybridized carbons (Fsp3) is 0.0667. The van der Waals surface area contributed by atoms with Crippen molar-refractivity contribution < 1.29 is 0 Å². The van der Waals surface area contributed by atoms with Gasteiger partial charge in [0, 0.05) is 38.9 Å². The van der Waals surface area contributed by atoms with E-state index >= 15 is 0 Å². The Bertz CT molecular complexity index is 2680. The molecule has 0 fully saturated rings. The van der Waals surface area contributed by atoms with Crippen molar-refractivity contribution in [1.82, 2.24) is 14.5 Å². The van der Waals surface area contributed by atoms with Crippen molar-refractivity contribution >= 4 is 43.4 Å². The van der Waals surface area contributed by atoms with Gasteiger partial charge in [-0.2, -0.15) is 0 Å². The van der Waals surface area contributed by atoms with Crippen molar-refractivity contribution in [2.75, 3.05) is 0 Å². The first-order valence-electron chi connectivity index (χ1n) is 16.6. The van der Waals surface area contributed by atoms with Gasteiger partial charge in [-0.1, -0.05) is 147 Å². The highest BCUT2D eigenvalue weighted by Crippen LogP contribution is 2.53. The highest BCUT2D eigenvalue weighted by molar-refractivity contribution is 6.30. The van der Waals surface area contributed by atoms with Crippen LogP contribution in [0.5, 0.6) is 0 Å². The van der Waals surface area contributed by atoms with Gasteiger partial charge in [-0.15, -0.1) is 0 Å². The Balaban J connectivity index is 1.43. The molecule has 1 aliphatic rings. The molecule has 0 unspecified atom stereocenters. The van der Waals surface area contributed by atoms with Gasteiger partial charge in [-0.25, -0.2) is 9.97 Å². The first-order valence-corrected chi connectivity index (χ1v) is 16.6. The predicted molar refractivity (Wildman–Crippen MR) is 200 cm³/mol. The lowest BCUT2D eigenvalue weighted by Gasteiger charge is -2.35. The second kappa shape index (κ2) is 9.97. The summed E-state index contributed by atoms with van der Waals surface area (Å²) in [5.41, 5.74) is 10.5. The summed E-state index contributed by atoms with van der Waals surface area (Å²) in [6, 6.07) is 54.4. The zero-order valence-electron chi connectivity index (χ0n) is 26.8. The third-order valence-corrected chi connectivity index (χ3v) is 10.4. The lowest BCUT2D eigenvalue weighted by Crippen LogP contribution is -2.23. The molecule has 0 bridgehead atoms. The SMILES string of the molecule is CC1(C)c2ccccc2-c2c3c1cccc3cc1c2c2c3ccccc3ccc2n1-c1cc(-c2ccccc2)nc(-c2ccccc2)n1. The average molecular weight is 614 g/mol. The fourth-order valence-corrected chi connectivity index (χ4v) is 8.16. The predicted octanol–water partition coefficient (Wildman–Crippen LogP) is 11.5. The van der Waals surface area contributed by atoms with E-state index in [0.717, 1.165) is 33.7 Å². The topological polar surface area (TPSA) is 30.7 Å². The van der Waals surface area contributed by atoms with E-state index in [1.54, 1.807) is 0 Å². The largest absolute Gasteiger partial charge is 0.294 e. The zero-order chi connectivity index (χ0) is 32.0. The molecule has 0 saturated carbocycles. The minimum absolute atomic E-state index is 0.126. The normalized spacial score (nSPS) is 13.4. The number of hydrogen-bond donors (Lipinski definition) is 0. The molecule has 0 amide bonds. The monoisotopic (exact) mass is 613 g/mol. The lowest BCUT2D eigenvalue weighted by atomic mass is 9.68. The summed E-state index contributed by atoms with van der Waals surface area (Å²) in [5, 5.41) is 7.59. The van der Waals surface area contributed by atoms with Crippen molar-refractivity contribution in [3.63, 3.8) is 0 Å². The van der Waals surface area contributed by atoms with Crippen LogP contribution in [-0.4, -0.2) is 14.5 Å². The van der Waals surface area contributed by atoms with Crippen molar-refractivity contribution in [1.29, 1.82) is 0 Å². The van der Waals surface area contributed by atoms with Crippen LogP contribution in [0.1, 0.15) is 25.0 Å². The molecule has 0 N–H and O–H groups in total. The van der Waals surface area contributed by atoms with Crippen molar-refractivity contribution in [3.8, 4) is 39.6 Å². The van der Waals surface area contributed by atoms with E-state index in [0.29, 0.717) is 5.82 Å². The van der Waals surface area contributed by atoms with Crippen LogP contribution in [0.25, 0.3) is 82.9 Å². The molecule has 10 rings (SSSR count). The third-order valence-electron chi connectivity index (χ3n) is 10.4. The van der Waals surface area contributed by atoms with Crippen LogP contribution >= 0.6 is 0 Å². The molecule has 1 aliphatic carbocycles. The van der Waals surface area contributed by atoms with E-state index in [1.165, 1.54) is 54.6 Å².